The average Bonchev–Trinajstić information content (AvgIpc) is 2.32. The molecule has 0 radical (unpaired) electrons. The lowest BCUT2D eigenvalue weighted by Crippen LogP contribution is -2.05. The molecule has 0 atom stereocenters. The Hall–Kier alpha value is -1.87. The van der Waals surface area contributed by atoms with Crippen LogP contribution in [0.2, 0.25) is 0 Å². The molecule has 0 unspecified atom stereocenters. The second-order valence-electron chi connectivity index (χ2n) is 4.90. The summed E-state index contributed by atoms with van der Waals surface area (Å²) in [6, 6.07) is 8.09. The van der Waals surface area contributed by atoms with Crippen molar-refractivity contribution in [1.82, 2.24) is 4.98 Å². The second kappa shape index (κ2) is 5.41. The third-order valence-corrected chi connectivity index (χ3v) is 3.17. The molecule has 0 aliphatic heterocycles. The highest BCUT2D eigenvalue weighted by molar-refractivity contribution is 5.44. The van der Waals surface area contributed by atoms with E-state index in [0.29, 0.717) is 6.54 Å². The number of rotatable bonds is 3. The molecule has 0 bridgehead atoms. The molecule has 0 fully saturated rings. The Labute approximate surface area is 114 Å². The summed E-state index contributed by atoms with van der Waals surface area (Å²) in [6.07, 6.45) is 0. The van der Waals surface area contributed by atoms with Crippen LogP contribution in [-0.4, -0.2) is 4.98 Å². The Balaban J connectivity index is 2.42. The van der Waals surface area contributed by atoms with E-state index in [1.165, 1.54) is 5.56 Å². The maximum absolute atomic E-state index is 6.03. The van der Waals surface area contributed by atoms with Crippen LogP contribution < -0.4 is 10.5 Å². The van der Waals surface area contributed by atoms with Gasteiger partial charge in [0.15, 0.2) is 0 Å². The first-order valence-corrected chi connectivity index (χ1v) is 6.43. The standard InChI is InChI=1S/C16H20N2O/c1-10-5-6-15(11(2)7-10)19-16-8-12(3)18-13(4)14(16)9-17/h5-8H,9,17H2,1-4H3. The van der Waals surface area contributed by atoms with Gasteiger partial charge in [0.25, 0.3) is 0 Å². The van der Waals surface area contributed by atoms with Crippen molar-refractivity contribution in [3.63, 3.8) is 0 Å². The Morgan fingerprint density at radius 1 is 1.05 bits per heavy atom. The summed E-state index contributed by atoms with van der Waals surface area (Å²) in [5.74, 6) is 1.67. The van der Waals surface area contributed by atoms with Crippen molar-refractivity contribution in [2.45, 2.75) is 34.2 Å². The zero-order valence-corrected chi connectivity index (χ0v) is 11.9. The normalized spacial score (nSPS) is 10.6. The zero-order chi connectivity index (χ0) is 14.0. The van der Waals surface area contributed by atoms with Crippen molar-refractivity contribution in [2.75, 3.05) is 0 Å². The Kier molecular flexibility index (Phi) is 3.86. The number of benzene rings is 1. The quantitative estimate of drug-likeness (QED) is 0.913. The number of hydrogen-bond acceptors (Lipinski definition) is 3. The molecular formula is C16H20N2O. The molecular weight excluding hydrogens is 236 g/mol. The largest absolute Gasteiger partial charge is 0.457 e. The maximum atomic E-state index is 6.03. The van der Waals surface area contributed by atoms with Gasteiger partial charge in [0, 0.05) is 29.6 Å². The van der Waals surface area contributed by atoms with Gasteiger partial charge in [-0.05, 0) is 39.3 Å². The first-order chi connectivity index (χ1) is 9.01. The minimum absolute atomic E-state index is 0.430. The molecule has 3 nitrogen and oxygen atoms in total. The van der Waals surface area contributed by atoms with Crippen LogP contribution in [0.5, 0.6) is 11.5 Å². The molecule has 0 saturated carbocycles. The molecule has 1 heterocycles. The van der Waals surface area contributed by atoms with Crippen molar-refractivity contribution in [3.05, 3.63) is 52.3 Å². The predicted octanol–water partition coefficient (Wildman–Crippen LogP) is 3.57. The molecule has 0 aliphatic carbocycles. The summed E-state index contributed by atoms with van der Waals surface area (Å²) in [4.78, 5) is 4.42. The van der Waals surface area contributed by atoms with Gasteiger partial charge in [-0.1, -0.05) is 17.7 Å². The number of aromatic nitrogens is 1. The monoisotopic (exact) mass is 256 g/mol. The van der Waals surface area contributed by atoms with Gasteiger partial charge in [-0.3, -0.25) is 4.98 Å². The number of ether oxygens (including phenoxy) is 1. The van der Waals surface area contributed by atoms with E-state index in [9.17, 15) is 0 Å². The first kappa shape index (κ1) is 13.6. The second-order valence-corrected chi connectivity index (χ2v) is 4.90. The molecule has 100 valence electrons. The van der Waals surface area contributed by atoms with E-state index in [1.54, 1.807) is 0 Å². The van der Waals surface area contributed by atoms with E-state index in [-0.39, 0.29) is 0 Å². The van der Waals surface area contributed by atoms with Crippen LogP contribution in [0.4, 0.5) is 0 Å². The lowest BCUT2D eigenvalue weighted by Gasteiger charge is -2.14. The van der Waals surface area contributed by atoms with Crippen LogP contribution in [-0.2, 0) is 6.54 Å². The molecule has 0 aliphatic rings. The van der Waals surface area contributed by atoms with E-state index in [2.05, 4.69) is 18.0 Å². The summed E-state index contributed by atoms with van der Waals surface area (Å²) in [5, 5.41) is 0. The number of nitrogens with zero attached hydrogens (tertiary/aromatic N) is 1. The van der Waals surface area contributed by atoms with Crippen molar-refractivity contribution in [3.8, 4) is 11.5 Å². The summed E-state index contributed by atoms with van der Waals surface area (Å²) < 4.78 is 6.03. The fraction of sp³-hybridized carbons (Fsp3) is 0.312. The van der Waals surface area contributed by atoms with Gasteiger partial charge in [0.2, 0.25) is 0 Å². The third-order valence-electron chi connectivity index (χ3n) is 3.17. The smallest absolute Gasteiger partial charge is 0.135 e. The van der Waals surface area contributed by atoms with E-state index in [0.717, 1.165) is 34.0 Å². The Bertz CT molecular complexity index is 606. The van der Waals surface area contributed by atoms with Gasteiger partial charge < -0.3 is 10.5 Å². The summed E-state index contributed by atoms with van der Waals surface area (Å²) in [5.41, 5.74) is 11.0. The SMILES string of the molecule is Cc1ccc(Oc2cc(C)nc(C)c2CN)c(C)c1. The molecule has 2 N–H and O–H groups in total. The van der Waals surface area contributed by atoms with Crippen LogP contribution in [0, 0.1) is 27.7 Å². The molecule has 2 rings (SSSR count). The molecule has 0 amide bonds. The van der Waals surface area contributed by atoms with Crippen LogP contribution in [0.1, 0.15) is 28.1 Å². The topological polar surface area (TPSA) is 48.1 Å². The van der Waals surface area contributed by atoms with Crippen LogP contribution >= 0.6 is 0 Å². The maximum Gasteiger partial charge on any atom is 0.135 e. The zero-order valence-electron chi connectivity index (χ0n) is 11.9. The molecule has 2 aromatic rings. The van der Waals surface area contributed by atoms with Crippen LogP contribution in [0.3, 0.4) is 0 Å². The predicted molar refractivity (Wildman–Crippen MR) is 77.6 cm³/mol. The van der Waals surface area contributed by atoms with E-state index in [1.807, 2.05) is 39.0 Å². The number of pyridine rings is 1. The summed E-state index contributed by atoms with van der Waals surface area (Å²) in [6.45, 7) is 8.47. The van der Waals surface area contributed by atoms with Crippen molar-refractivity contribution in [2.24, 2.45) is 5.73 Å². The van der Waals surface area contributed by atoms with Gasteiger partial charge in [0.05, 0.1) is 0 Å². The third kappa shape index (κ3) is 2.93. The van der Waals surface area contributed by atoms with Crippen molar-refractivity contribution < 1.29 is 4.74 Å². The fourth-order valence-electron chi connectivity index (χ4n) is 2.19. The lowest BCUT2D eigenvalue weighted by molar-refractivity contribution is 0.470. The van der Waals surface area contributed by atoms with Crippen molar-refractivity contribution in [1.29, 1.82) is 0 Å². The Morgan fingerprint density at radius 3 is 2.42 bits per heavy atom. The number of hydrogen-bond donors (Lipinski definition) is 1. The molecule has 0 spiro atoms. The van der Waals surface area contributed by atoms with Crippen LogP contribution in [0.25, 0.3) is 0 Å². The average molecular weight is 256 g/mol. The number of nitrogens with two attached hydrogens (primary N) is 1. The van der Waals surface area contributed by atoms with Gasteiger partial charge in [-0.15, -0.1) is 0 Å². The fourth-order valence-corrected chi connectivity index (χ4v) is 2.19. The summed E-state index contributed by atoms with van der Waals surface area (Å²) >= 11 is 0. The summed E-state index contributed by atoms with van der Waals surface area (Å²) in [7, 11) is 0. The number of aryl methyl sites for hydroxylation is 4. The molecule has 1 aromatic carbocycles. The minimum Gasteiger partial charge on any atom is -0.457 e. The highest BCUT2D eigenvalue weighted by Crippen LogP contribution is 2.30. The van der Waals surface area contributed by atoms with Gasteiger partial charge in [0.1, 0.15) is 11.5 Å². The van der Waals surface area contributed by atoms with E-state index >= 15 is 0 Å². The highest BCUT2D eigenvalue weighted by atomic mass is 16.5. The van der Waals surface area contributed by atoms with E-state index in [4.69, 9.17) is 10.5 Å². The lowest BCUT2D eigenvalue weighted by atomic mass is 10.1. The van der Waals surface area contributed by atoms with Gasteiger partial charge in [-0.2, -0.15) is 0 Å². The molecule has 0 saturated heterocycles. The molecule has 3 heteroatoms. The minimum atomic E-state index is 0.430. The molecule has 1 aromatic heterocycles. The molecule has 19 heavy (non-hydrogen) atoms. The van der Waals surface area contributed by atoms with Crippen molar-refractivity contribution >= 4 is 0 Å². The van der Waals surface area contributed by atoms with Gasteiger partial charge >= 0.3 is 0 Å². The Morgan fingerprint density at radius 2 is 1.79 bits per heavy atom. The first-order valence-electron chi connectivity index (χ1n) is 6.43. The van der Waals surface area contributed by atoms with Crippen LogP contribution in [0.15, 0.2) is 24.3 Å². The highest BCUT2D eigenvalue weighted by Gasteiger charge is 2.10. The van der Waals surface area contributed by atoms with Gasteiger partial charge in [-0.25, -0.2) is 0 Å². The van der Waals surface area contributed by atoms with E-state index < -0.39 is 0 Å².